The molecule has 14 heavy (non-hydrogen) atoms. The molecule has 0 amide bonds. The number of nitrogens with zero attached hydrogens (tertiary/aromatic N) is 4. The predicted molar refractivity (Wildman–Crippen MR) is 57.3 cm³/mol. The van der Waals surface area contributed by atoms with Crippen molar-refractivity contribution in [2.45, 2.75) is 13.3 Å². The zero-order chi connectivity index (χ0) is 10.6. The zero-order valence-corrected chi connectivity index (χ0v) is 8.78. The van der Waals surface area contributed by atoms with Crippen LogP contribution in [-0.2, 0) is 0 Å². The van der Waals surface area contributed by atoms with Crippen LogP contribution in [0.5, 0.6) is 0 Å². The minimum Gasteiger partial charge on any atom is -0.368 e. The SMILES string of the molecule is CCCNc1nc(N)nc(N(C)C)n1. The molecule has 0 saturated carbocycles. The van der Waals surface area contributed by atoms with Crippen molar-refractivity contribution in [2.24, 2.45) is 0 Å². The van der Waals surface area contributed by atoms with Crippen LogP contribution in [0, 0.1) is 0 Å². The van der Waals surface area contributed by atoms with Gasteiger partial charge in [0.05, 0.1) is 0 Å². The van der Waals surface area contributed by atoms with Crippen molar-refractivity contribution in [1.29, 1.82) is 0 Å². The van der Waals surface area contributed by atoms with Crippen LogP contribution >= 0.6 is 0 Å². The number of nitrogens with one attached hydrogen (secondary N) is 1. The molecule has 1 rings (SSSR count). The van der Waals surface area contributed by atoms with E-state index in [0.717, 1.165) is 13.0 Å². The maximum Gasteiger partial charge on any atom is 0.231 e. The first-order valence-electron chi connectivity index (χ1n) is 4.56. The van der Waals surface area contributed by atoms with Crippen LogP contribution in [0.4, 0.5) is 17.8 Å². The molecule has 0 unspecified atom stereocenters. The van der Waals surface area contributed by atoms with Gasteiger partial charge in [0.2, 0.25) is 17.8 Å². The van der Waals surface area contributed by atoms with E-state index in [-0.39, 0.29) is 5.95 Å². The Hall–Kier alpha value is -1.59. The van der Waals surface area contributed by atoms with E-state index in [1.54, 1.807) is 4.90 Å². The third kappa shape index (κ3) is 2.72. The lowest BCUT2D eigenvalue weighted by atomic mass is 10.5. The number of nitrogen functional groups attached to an aromatic ring is 1. The summed E-state index contributed by atoms with van der Waals surface area (Å²) >= 11 is 0. The molecule has 0 aliphatic heterocycles. The van der Waals surface area contributed by atoms with Crippen molar-refractivity contribution in [2.75, 3.05) is 36.6 Å². The lowest BCUT2D eigenvalue weighted by molar-refractivity contribution is 0.921. The van der Waals surface area contributed by atoms with Gasteiger partial charge in [-0.15, -0.1) is 0 Å². The number of anilines is 3. The summed E-state index contributed by atoms with van der Waals surface area (Å²) < 4.78 is 0. The van der Waals surface area contributed by atoms with Gasteiger partial charge in [0, 0.05) is 20.6 Å². The highest BCUT2D eigenvalue weighted by Gasteiger charge is 2.04. The highest BCUT2D eigenvalue weighted by Crippen LogP contribution is 2.08. The molecule has 6 nitrogen and oxygen atoms in total. The first kappa shape index (κ1) is 10.5. The third-order valence-corrected chi connectivity index (χ3v) is 1.57. The zero-order valence-electron chi connectivity index (χ0n) is 8.78. The van der Waals surface area contributed by atoms with E-state index in [1.165, 1.54) is 0 Å². The molecule has 0 saturated heterocycles. The van der Waals surface area contributed by atoms with E-state index in [9.17, 15) is 0 Å². The molecule has 6 heteroatoms. The molecule has 3 N–H and O–H groups in total. The molecular formula is C8H16N6. The summed E-state index contributed by atoms with van der Waals surface area (Å²) in [5.74, 6) is 1.33. The molecule has 0 bridgehead atoms. The first-order chi connectivity index (χ1) is 6.63. The Labute approximate surface area is 83.6 Å². The Balaban J connectivity index is 2.84. The molecule has 0 aliphatic rings. The second-order valence-electron chi connectivity index (χ2n) is 3.14. The Bertz CT molecular complexity index is 298. The fourth-order valence-corrected chi connectivity index (χ4v) is 0.897. The number of nitrogens with two attached hydrogens (primary N) is 1. The molecular weight excluding hydrogens is 180 g/mol. The van der Waals surface area contributed by atoms with Crippen molar-refractivity contribution in [3.05, 3.63) is 0 Å². The second-order valence-corrected chi connectivity index (χ2v) is 3.14. The summed E-state index contributed by atoms with van der Waals surface area (Å²) in [6, 6.07) is 0. The molecule has 1 heterocycles. The van der Waals surface area contributed by atoms with Gasteiger partial charge in [-0.3, -0.25) is 0 Å². The second kappa shape index (κ2) is 4.59. The van der Waals surface area contributed by atoms with Crippen molar-refractivity contribution in [3.63, 3.8) is 0 Å². The largest absolute Gasteiger partial charge is 0.368 e. The number of hydrogen-bond donors (Lipinski definition) is 2. The van der Waals surface area contributed by atoms with Crippen LogP contribution in [0.15, 0.2) is 0 Å². The summed E-state index contributed by atoms with van der Waals surface area (Å²) in [6.07, 6.45) is 1.02. The van der Waals surface area contributed by atoms with Crippen LogP contribution in [0.3, 0.4) is 0 Å². The van der Waals surface area contributed by atoms with Crippen molar-refractivity contribution < 1.29 is 0 Å². The Morgan fingerprint density at radius 2 is 2.00 bits per heavy atom. The van der Waals surface area contributed by atoms with Gasteiger partial charge in [-0.25, -0.2) is 0 Å². The molecule has 0 aromatic carbocycles. The van der Waals surface area contributed by atoms with E-state index in [0.29, 0.717) is 11.9 Å². The molecule has 0 atom stereocenters. The Morgan fingerprint density at radius 1 is 1.29 bits per heavy atom. The van der Waals surface area contributed by atoms with E-state index < -0.39 is 0 Å². The van der Waals surface area contributed by atoms with E-state index >= 15 is 0 Å². The lowest BCUT2D eigenvalue weighted by Gasteiger charge is -2.11. The van der Waals surface area contributed by atoms with Crippen LogP contribution in [-0.4, -0.2) is 35.6 Å². The standard InChI is InChI=1S/C8H16N6/c1-4-5-10-7-11-6(9)12-8(13-7)14(2)3/h4-5H2,1-3H3,(H3,9,10,11,12,13). The van der Waals surface area contributed by atoms with E-state index in [4.69, 9.17) is 5.73 Å². The van der Waals surface area contributed by atoms with Crippen LogP contribution in [0.25, 0.3) is 0 Å². The van der Waals surface area contributed by atoms with Crippen LogP contribution < -0.4 is 16.0 Å². The van der Waals surface area contributed by atoms with Crippen LogP contribution in [0.1, 0.15) is 13.3 Å². The molecule has 0 aliphatic carbocycles. The lowest BCUT2D eigenvalue weighted by Crippen LogP contribution is -2.16. The third-order valence-electron chi connectivity index (χ3n) is 1.57. The average Bonchev–Trinajstić information content (AvgIpc) is 2.14. The molecule has 78 valence electrons. The highest BCUT2D eigenvalue weighted by molar-refractivity contribution is 5.40. The summed E-state index contributed by atoms with van der Waals surface area (Å²) in [5.41, 5.74) is 5.54. The van der Waals surface area contributed by atoms with Gasteiger partial charge in [0.15, 0.2) is 0 Å². The summed E-state index contributed by atoms with van der Waals surface area (Å²) in [6.45, 7) is 2.90. The summed E-state index contributed by atoms with van der Waals surface area (Å²) in [4.78, 5) is 13.9. The van der Waals surface area contributed by atoms with Gasteiger partial charge in [-0.05, 0) is 6.42 Å². The number of rotatable bonds is 4. The maximum atomic E-state index is 5.54. The number of hydrogen-bond acceptors (Lipinski definition) is 6. The highest BCUT2D eigenvalue weighted by atomic mass is 15.3. The topological polar surface area (TPSA) is 80.0 Å². The van der Waals surface area contributed by atoms with Gasteiger partial charge >= 0.3 is 0 Å². The van der Waals surface area contributed by atoms with Crippen molar-refractivity contribution in [3.8, 4) is 0 Å². The minimum atomic E-state index is 0.238. The number of aromatic nitrogens is 3. The fourth-order valence-electron chi connectivity index (χ4n) is 0.897. The minimum absolute atomic E-state index is 0.238. The molecule has 0 radical (unpaired) electrons. The smallest absolute Gasteiger partial charge is 0.231 e. The van der Waals surface area contributed by atoms with Gasteiger partial charge < -0.3 is 16.0 Å². The monoisotopic (exact) mass is 196 g/mol. The Kier molecular flexibility index (Phi) is 3.44. The maximum absolute atomic E-state index is 5.54. The van der Waals surface area contributed by atoms with Gasteiger partial charge in [0.1, 0.15) is 0 Å². The summed E-state index contributed by atoms with van der Waals surface area (Å²) in [7, 11) is 3.72. The quantitative estimate of drug-likeness (QED) is 0.723. The van der Waals surface area contributed by atoms with Crippen molar-refractivity contribution >= 4 is 17.8 Å². The Morgan fingerprint density at radius 3 is 2.57 bits per heavy atom. The predicted octanol–water partition coefficient (Wildman–Crippen LogP) is 0.342. The van der Waals surface area contributed by atoms with Gasteiger partial charge in [0.25, 0.3) is 0 Å². The van der Waals surface area contributed by atoms with Gasteiger partial charge in [-0.1, -0.05) is 6.92 Å². The average molecular weight is 196 g/mol. The van der Waals surface area contributed by atoms with E-state index in [2.05, 4.69) is 27.2 Å². The van der Waals surface area contributed by atoms with E-state index in [1.807, 2.05) is 14.1 Å². The van der Waals surface area contributed by atoms with Crippen molar-refractivity contribution in [1.82, 2.24) is 15.0 Å². The van der Waals surface area contributed by atoms with Crippen LogP contribution in [0.2, 0.25) is 0 Å². The molecule has 1 aromatic heterocycles. The van der Waals surface area contributed by atoms with Gasteiger partial charge in [-0.2, -0.15) is 15.0 Å². The molecule has 0 spiro atoms. The fraction of sp³-hybridized carbons (Fsp3) is 0.625. The normalized spacial score (nSPS) is 9.93. The summed E-state index contributed by atoms with van der Waals surface area (Å²) in [5, 5.41) is 3.06. The molecule has 0 fully saturated rings. The first-order valence-corrected chi connectivity index (χ1v) is 4.56. The molecule has 1 aromatic rings.